The molecule has 1 fully saturated rings. The summed E-state index contributed by atoms with van der Waals surface area (Å²) in [5, 5.41) is 13.8. The van der Waals surface area contributed by atoms with Crippen molar-refractivity contribution in [2.75, 3.05) is 11.9 Å². The molecule has 2 amide bonds. The summed E-state index contributed by atoms with van der Waals surface area (Å²) in [7, 11) is 0. The zero-order valence-corrected chi connectivity index (χ0v) is 19.7. The summed E-state index contributed by atoms with van der Waals surface area (Å²) in [5.74, 6) is 1.35. The van der Waals surface area contributed by atoms with E-state index in [0.29, 0.717) is 34.0 Å². The molecule has 0 spiro atoms. The Morgan fingerprint density at radius 2 is 1.94 bits per heavy atom. The average Bonchev–Trinajstić information content (AvgIpc) is 3.42. The van der Waals surface area contributed by atoms with E-state index >= 15 is 0 Å². The van der Waals surface area contributed by atoms with Crippen molar-refractivity contribution in [3.05, 3.63) is 71.4 Å². The molecule has 1 aliphatic heterocycles. The number of hydrogen-bond donors (Lipinski definition) is 2. The minimum absolute atomic E-state index is 0.00901. The van der Waals surface area contributed by atoms with Crippen molar-refractivity contribution < 1.29 is 18.7 Å². The second-order valence-electron chi connectivity index (χ2n) is 7.16. The quantitative estimate of drug-likeness (QED) is 0.339. The third-order valence-electron chi connectivity index (χ3n) is 4.69. The highest BCUT2D eigenvalue weighted by Crippen LogP contribution is 2.25. The number of furan rings is 1. The fraction of sp³-hybridized carbons (Fsp3) is 0.167. The molecule has 8 nitrogen and oxygen atoms in total. The Kier molecular flexibility index (Phi) is 7.66. The summed E-state index contributed by atoms with van der Waals surface area (Å²) in [6.45, 7) is 2.47. The zero-order valence-electron chi connectivity index (χ0n) is 18.2. The van der Waals surface area contributed by atoms with Crippen molar-refractivity contribution in [2.24, 2.45) is 10.2 Å². The molecule has 0 aliphatic carbocycles. The summed E-state index contributed by atoms with van der Waals surface area (Å²) < 4.78 is 11.1. The highest BCUT2D eigenvalue weighted by Gasteiger charge is 2.32. The molecule has 2 N–H and O–H groups in total. The van der Waals surface area contributed by atoms with Crippen molar-refractivity contribution in [1.82, 2.24) is 5.32 Å². The van der Waals surface area contributed by atoms with Gasteiger partial charge in [-0.1, -0.05) is 23.4 Å². The van der Waals surface area contributed by atoms with E-state index in [1.165, 1.54) is 6.21 Å². The zero-order chi connectivity index (χ0) is 23.9. The van der Waals surface area contributed by atoms with Crippen LogP contribution in [-0.2, 0) is 9.59 Å². The van der Waals surface area contributed by atoms with Gasteiger partial charge in [0.15, 0.2) is 5.17 Å². The second-order valence-corrected chi connectivity index (χ2v) is 8.79. The van der Waals surface area contributed by atoms with Crippen LogP contribution in [0.3, 0.4) is 0 Å². The number of anilines is 1. The van der Waals surface area contributed by atoms with Crippen LogP contribution in [0.15, 0.2) is 75.3 Å². The monoisotopic (exact) mass is 496 g/mol. The van der Waals surface area contributed by atoms with Gasteiger partial charge in [0.2, 0.25) is 11.8 Å². The van der Waals surface area contributed by atoms with Gasteiger partial charge in [0, 0.05) is 22.7 Å². The van der Waals surface area contributed by atoms with Gasteiger partial charge in [0.25, 0.3) is 0 Å². The lowest BCUT2D eigenvalue weighted by Gasteiger charge is -2.08. The van der Waals surface area contributed by atoms with Gasteiger partial charge in [0.1, 0.15) is 22.5 Å². The number of carbonyl (C=O) groups is 2. The minimum atomic E-state index is -0.586. The van der Waals surface area contributed by atoms with E-state index in [1.54, 1.807) is 42.5 Å². The van der Waals surface area contributed by atoms with Crippen molar-refractivity contribution >= 4 is 52.2 Å². The molecular formula is C24H21ClN4O4S. The minimum Gasteiger partial charge on any atom is -0.494 e. The number of ether oxygens (including phenoxy) is 1. The third kappa shape index (κ3) is 6.27. The Bertz CT molecular complexity index is 1220. The van der Waals surface area contributed by atoms with Gasteiger partial charge in [-0.25, -0.2) is 0 Å². The van der Waals surface area contributed by atoms with Crippen molar-refractivity contribution in [3.8, 4) is 17.1 Å². The van der Waals surface area contributed by atoms with Crippen molar-refractivity contribution in [2.45, 2.75) is 18.6 Å². The van der Waals surface area contributed by atoms with Crippen LogP contribution in [0.25, 0.3) is 11.3 Å². The first-order valence-electron chi connectivity index (χ1n) is 10.5. The molecule has 174 valence electrons. The van der Waals surface area contributed by atoms with Gasteiger partial charge in [-0.05, 0) is 67.6 Å². The Balaban J connectivity index is 1.29. The van der Waals surface area contributed by atoms with Crippen LogP contribution in [0.1, 0.15) is 19.1 Å². The largest absolute Gasteiger partial charge is 0.494 e. The van der Waals surface area contributed by atoms with Crippen LogP contribution in [0.4, 0.5) is 5.69 Å². The Hall–Kier alpha value is -3.56. The maximum Gasteiger partial charge on any atom is 0.240 e. The number of amidine groups is 1. The fourth-order valence-electron chi connectivity index (χ4n) is 3.10. The molecule has 1 unspecified atom stereocenters. The van der Waals surface area contributed by atoms with E-state index in [2.05, 4.69) is 20.8 Å². The number of benzene rings is 2. The Morgan fingerprint density at radius 3 is 2.68 bits per heavy atom. The first kappa shape index (κ1) is 23.6. The van der Waals surface area contributed by atoms with Gasteiger partial charge in [0.05, 0.1) is 12.8 Å². The van der Waals surface area contributed by atoms with Crippen molar-refractivity contribution in [3.63, 3.8) is 0 Å². The number of hydrogen-bond acceptors (Lipinski definition) is 7. The number of rotatable bonds is 8. The molecule has 4 rings (SSSR count). The van der Waals surface area contributed by atoms with Crippen LogP contribution >= 0.6 is 23.4 Å². The maximum absolute atomic E-state index is 12.3. The average molecular weight is 497 g/mol. The first-order chi connectivity index (χ1) is 16.5. The van der Waals surface area contributed by atoms with E-state index in [9.17, 15) is 9.59 Å². The standard InChI is InChI=1S/C24H21ClN4O4S/c1-2-32-18-9-7-17(8-10-18)27-22(30)13-21-23(31)28-24(34-21)29-26-14-19-11-12-20(33-19)15-3-5-16(25)6-4-15/h3-12,14,21H,2,13H2,1H3,(H,27,30)(H,28,29,31)/b26-14+. The van der Waals surface area contributed by atoms with Crippen LogP contribution < -0.4 is 15.4 Å². The number of amides is 2. The van der Waals surface area contributed by atoms with Gasteiger partial charge < -0.3 is 19.8 Å². The second kappa shape index (κ2) is 11.0. The normalized spacial score (nSPS) is 16.7. The SMILES string of the molecule is CCOc1ccc(NC(=O)CC2S/C(=N\N=C\c3ccc(-c4ccc(Cl)cc4)o3)NC2=O)cc1. The lowest BCUT2D eigenvalue weighted by Crippen LogP contribution is -2.28. The number of halogens is 1. The van der Waals surface area contributed by atoms with Crippen molar-refractivity contribution in [1.29, 1.82) is 0 Å². The van der Waals surface area contributed by atoms with Crippen LogP contribution in [0.2, 0.25) is 5.02 Å². The summed E-state index contributed by atoms with van der Waals surface area (Å²) >= 11 is 7.07. The maximum atomic E-state index is 12.3. The lowest BCUT2D eigenvalue weighted by molar-refractivity contribution is -0.122. The number of nitrogens with one attached hydrogen (secondary N) is 2. The van der Waals surface area contributed by atoms with Crippen LogP contribution in [0.5, 0.6) is 5.75 Å². The van der Waals surface area contributed by atoms with Gasteiger partial charge in [-0.2, -0.15) is 5.10 Å². The van der Waals surface area contributed by atoms with E-state index in [0.717, 1.165) is 23.1 Å². The van der Waals surface area contributed by atoms with E-state index in [-0.39, 0.29) is 18.2 Å². The molecule has 2 heterocycles. The molecule has 10 heteroatoms. The summed E-state index contributed by atoms with van der Waals surface area (Å²) in [5.41, 5.74) is 1.52. The molecule has 1 saturated heterocycles. The van der Waals surface area contributed by atoms with E-state index in [4.69, 9.17) is 20.8 Å². The highest BCUT2D eigenvalue weighted by molar-refractivity contribution is 8.15. The molecule has 1 aromatic heterocycles. The molecule has 34 heavy (non-hydrogen) atoms. The highest BCUT2D eigenvalue weighted by atomic mass is 35.5. The lowest BCUT2D eigenvalue weighted by atomic mass is 10.2. The molecule has 0 bridgehead atoms. The van der Waals surface area contributed by atoms with Gasteiger partial charge in [-0.3, -0.25) is 9.59 Å². The fourth-order valence-corrected chi connectivity index (χ4v) is 4.15. The molecule has 2 aromatic carbocycles. The molecule has 1 aliphatic rings. The molecule has 1 atom stereocenters. The smallest absolute Gasteiger partial charge is 0.240 e. The predicted molar refractivity (Wildman–Crippen MR) is 135 cm³/mol. The Morgan fingerprint density at radius 1 is 1.18 bits per heavy atom. The summed E-state index contributed by atoms with van der Waals surface area (Å²) in [6.07, 6.45) is 1.46. The summed E-state index contributed by atoms with van der Waals surface area (Å²) in [4.78, 5) is 24.6. The predicted octanol–water partition coefficient (Wildman–Crippen LogP) is 4.95. The molecular weight excluding hydrogens is 476 g/mol. The number of carbonyl (C=O) groups excluding carboxylic acids is 2. The van der Waals surface area contributed by atoms with E-state index in [1.807, 2.05) is 25.1 Å². The third-order valence-corrected chi connectivity index (χ3v) is 6.01. The molecule has 3 aromatic rings. The number of thioether (sulfide) groups is 1. The molecule has 0 saturated carbocycles. The van der Waals surface area contributed by atoms with Gasteiger partial charge in [-0.15, -0.1) is 5.10 Å². The summed E-state index contributed by atoms with van der Waals surface area (Å²) in [6, 6.07) is 17.9. The number of nitrogens with zero attached hydrogens (tertiary/aromatic N) is 2. The topological polar surface area (TPSA) is 105 Å². The van der Waals surface area contributed by atoms with Gasteiger partial charge >= 0.3 is 0 Å². The van der Waals surface area contributed by atoms with Crippen LogP contribution in [-0.4, -0.2) is 35.1 Å². The Labute approximate surface area is 205 Å². The molecule has 0 radical (unpaired) electrons. The van der Waals surface area contributed by atoms with E-state index < -0.39 is 5.25 Å². The first-order valence-corrected chi connectivity index (χ1v) is 11.7. The van der Waals surface area contributed by atoms with Crippen LogP contribution in [0, 0.1) is 0 Å².